The van der Waals surface area contributed by atoms with Crippen molar-refractivity contribution in [1.82, 2.24) is 4.98 Å². The average molecular weight is 329 g/mol. The lowest BCUT2D eigenvalue weighted by Crippen LogP contribution is -2.38. The van der Waals surface area contributed by atoms with Gasteiger partial charge in [0.25, 0.3) is 5.88 Å². The number of aromatic nitrogens is 2. The Morgan fingerprint density at radius 1 is 1.17 bits per heavy atom. The Hall–Kier alpha value is -2.17. The minimum Gasteiger partial charge on any atom is -0.465 e. The van der Waals surface area contributed by atoms with E-state index in [-0.39, 0.29) is 18.0 Å². The highest BCUT2D eigenvalue weighted by Gasteiger charge is 2.51. The highest BCUT2D eigenvalue weighted by molar-refractivity contribution is 5.15. The highest BCUT2D eigenvalue weighted by atomic mass is 19.1. The van der Waals surface area contributed by atoms with Crippen molar-refractivity contribution in [2.24, 2.45) is 0 Å². The largest absolute Gasteiger partial charge is 0.465 e. The van der Waals surface area contributed by atoms with Gasteiger partial charge in [0.2, 0.25) is 6.04 Å². The molecule has 2 saturated carbocycles. The molecule has 2 aliphatic carbocycles. The minimum absolute atomic E-state index is 0.0628. The zero-order chi connectivity index (χ0) is 16.5. The molecule has 0 radical (unpaired) electrons. The standard InChI is InChI=1S/C19H22FN2O2/c1-13-8-9-18(23-14-5-2-3-6-14)22(12-13)16-11-17(16)24-19-15(20)7-4-10-21-19/h4,7-10,12,14,16-17H,2-3,5-6,11H2,1H3/q+1. The summed E-state index contributed by atoms with van der Waals surface area (Å²) in [6, 6.07) is 7.20. The molecule has 0 spiro atoms. The first kappa shape index (κ1) is 15.4. The molecule has 2 heterocycles. The summed E-state index contributed by atoms with van der Waals surface area (Å²) >= 11 is 0. The molecular formula is C19H22FN2O2+. The van der Waals surface area contributed by atoms with Gasteiger partial charge in [-0.15, -0.1) is 0 Å². The molecule has 2 atom stereocenters. The van der Waals surface area contributed by atoms with Crippen molar-refractivity contribution in [3.63, 3.8) is 0 Å². The number of hydrogen-bond acceptors (Lipinski definition) is 3. The van der Waals surface area contributed by atoms with Crippen molar-refractivity contribution in [3.8, 4) is 11.8 Å². The van der Waals surface area contributed by atoms with E-state index in [0.29, 0.717) is 6.10 Å². The lowest BCUT2D eigenvalue weighted by Gasteiger charge is -2.12. The first-order valence-corrected chi connectivity index (χ1v) is 8.66. The second-order valence-corrected chi connectivity index (χ2v) is 6.73. The van der Waals surface area contributed by atoms with Gasteiger partial charge in [0.1, 0.15) is 6.10 Å². The van der Waals surface area contributed by atoms with E-state index in [4.69, 9.17) is 9.47 Å². The SMILES string of the molecule is Cc1ccc(OC2CCCC2)[n+](C2CC2Oc2ncccc2F)c1. The Labute approximate surface area is 141 Å². The smallest absolute Gasteiger partial charge is 0.368 e. The summed E-state index contributed by atoms with van der Waals surface area (Å²) in [5.41, 5.74) is 1.17. The van der Waals surface area contributed by atoms with E-state index in [1.54, 1.807) is 12.3 Å². The Morgan fingerprint density at radius 3 is 2.79 bits per heavy atom. The van der Waals surface area contributed by atoms with E-state index < -0.39 is 5.82 Å². The van der Waals surface area contributed by atoms with Gasteiger partial charge in [0, 0.05) is 11.8 Å². The fourth-order valence-electron chi connectivity index (χ4n) is 3.33. The summed E-state index contributed by atoms with van der Waals surface area (Å²) in [7, 11) is 0. The first-order valence-electron chi connectivity index (χ1n) is 8.66. The third kappa shape index (κ3) is 3.21. The van der Waals surface area contributed by atoms with Crippen LogP contribution in [0.15, 0.2) is 36.7 Å². The van der Waals surface area contributed by atoms with Gasteiger partial charge in [-0.1, -0.05) is 0 Å². The molecule has 2 aliphatic rings. The summed E-state index contributed by atoms with van der Waals surface area (Å²) < 4.78 is 27.8. The van der Waals surface area contributed by atoms with Crippen molar-refractivity contribution in [3.05, 3.63) is 48.0 Å². The quantitative estimate of drug-likeness (QED) is 0.787. The van der Waals surface area contributed by atoms with Crippen molar-refractivity contribution in [2.75, 3.05) is 0 Å². The van der Waals surface area contributed by atoms with Crippen molar-refractivity contribution < 1.29 is 18.4 Å². The fourth-order valence-corrected chi connectivity index (χ4v) is 3.33. The third-order valence-electron chi connectivity index (χ3n) is 4.72. The number of hydrogen-bond donors (Lipinski definition) is 0. The van der Waals surface area contributed by atoms with E-state index in [1.807, 2.05) is 6.07 Å². The van der Waals surface area contributed by atoms with Crippen molar-refractivity contribution in [2.45, 2.75) is 57.3 Å². The van der Waals surface area contributed by atoms with E-state index in [2.05, 4.69) is 28.7 Å². The number of ether oxygens (including phenoxy) is 2. The topological polar surface area (TPSA) is 35.2 Å². The summed E-state index contributed by atoms with van der Waals surface area (Å²) in [6.07, 6.45) is 9.45. The van der Waals surface area contributed by atoms with Crippen LogP contribution in [0.4, 0.5) is 4.39 Å². The van der Waals surface area contributed by atoms with E-state index in [0.717, 1.165) is 25.1 Å². The van der Waals surface area contributed by atoms with E-state index >= 15 is 0 Å². The number of aryl methyl sites for hydroxylation is 1. The molecule has 126 valence electrons. The van der Waals surface area contributed by atoms with Crippen LogP contribution in [0.5, 0.6) is 11.8 Å². The number of nitrogens with zero attached hydrogens (tertiary/aromatic N) is 2. The van der Waals surface area contributed by atoms with Gasteiger partial charge in [0.05, 0.1) is 12.5 Å². The molecule has 0 aromatic carbocycles. The predicted molar refractivity (Wildman–Crippen MR) is 86.5 cm³/mol. The monoisotopic (exact) mass is 329 g/mol. The molecule has 2 aromatic heterocycles. The highest BCUT2D eigenvalue weighted by Crippen LogP contribution is 2.37. The van der Waals surface area contributed by atoms with Gasteiger partial charge in [0.15, 0.2) is 18.1 Å². The molecular weight excluding hydrogens is 307 g/mol. The molecule has 2 aromatic rings. The molecule has 2 unspecified atom stereocenters. The maximum atomic E-state index is 13.7. The maximum absolute atomic E-state index is 13.7. The van der Waals surface area contributed by atoms with Gasteiger partial charge in [-0.25, -0.2) is 9.37 Å². The number of pyridine rings is 2. The van der Waals surface area contributed by atoms with Crippen molar-refractivity contribution >= 4 is 0 Å². The van der Waals surface area contributed by atoms with Gasteiger partial charge in [-0.3, -0.25) is 0 Å². The maximum Gasteiger partial charge on any atom is 0.368 e. The van der Waals surface area contributed by atoms with Crippen LogP contribution in [0.3, 0.4) is 0 Å². The van der Waals surface area contributed by atoms with Crippen LogP contribution < -0.4 is 14.0 Å². The van der Waals surface area contributed by atoms with Gasteiger partial charge < -0.3 is 9.47 Å². The third-order valence-corrected chi connectivity index (χ3v) is 4.72. The predicted octanol–water partition coefficient (Wildman–Crippen LogP) is 3.53. The van der Waals surface area contributed by atoms with Gasteiger partial charge in [-0.05, 0) is 50.8 Å². The molecule has 2 fully saturated rings. The average Bonchev–Trinajstić information content (AvgIpc) is 3.14. The molecule has 0 amide bonds. The number of rotatable bonds is 5. The van der Waals surface area contributed by atoms with Crippen LogP contribution in [0.25, 0.3) is 0 Å². The number of halogens is 1. The summed E-state index contributed by atoms with van der Waals surface area (Å²) in [5, 5.41) is 0. The van der Waals surface area contributed by atoms with Crippen LogP contribution in [0.2, 0.25) is 0 Å². The Kier molecular flexibility index (Phi) is 4.08. The molecule has 4 rings (SSSR count). The zero-order valence-electron chi connectivity index (χ0n) is 13.8. The van der Waals surface area contributed by atoms with Gasteiger partial charge >= 0.3 is 5.88 Å². The van der Waals surface area contributed by atoms with Crippen LogP contribution in [0.1, 0.15) is 43.7 Å². The van der Waals surface area contributed by atoms with Crippen molar-refractivity contribution in [1.29, 1.82) is 0 Å². The fraction of sp³-hybridized carbons (Fsp3) is 0.474. The molecule has 5 heteroatoms. The zero-order valence-corrected chi connectivity index (χ0v) is 13.8. The van der Waals surface area contributed by atoms with Gasteiger partial charge in [-0.2, -0.15) is 4.57 Å². The normalized spacial score (nSPS) is 23.2. The molecule has 0 saturated heterocycles. The minimum atomic E-state index is -0.417. The van der Waals surface area contributed by atoms with Crippen LogP contribution in [-0.2, 0) is 0 Å². The van der Waals surface area contributed by atoms with E-state index in [1.165, 1.54) is 24.5 Å². The molecule has 24 heavy (non-hydrogen) atoms. The Morgan fingerprint density at radius 2 is 2.00 bits per heavy atom. The summed E-state index contributed by atoms with van der Waals surface area (Å²) in [5.74, 6) is 0.543. The van der Waals surface area contributed by atoms with Crippen LogP contribution in [-0.4, -0.2) is 17.2 Å². The molecule has 0 aliphatic heterocycles. The van der Waals surface area contributed by atoms with E-state index in [9.17, 15) is 4.39 Å². The van der Waals surface area contributed by atoms with Crippen LogP contribution >= 0.6 is 0 Å². The molecule has 0 bridgehead atoms. The Bertz CT molecular complexity index is 731. The van der Waals surface area contributed by atoms with Crippen LogP contribution in [0, 0.1) is 12.7 Å². The summed E-state index contributed by atoms with van der Waals surface area (Å²) in [6.45, 7) is 2.06. The second-order valence-electron chi connectivity index (χ2n) is 6.73. The molecule has 0 N–H and O–H groups in total. The lowest BCUT2D eigenvalue weighted by atomic mass is 10.3. The Balaban J connectivity index is 1.50. The first-order chi connectivity index (χ1) is 11.7. The lowest BCUT2D eigenvalue weighted by molar-refractivity contribution is -0.708. The molecule has 4 nitrogen and oxygen atoms in total. The summed E-state index contributed by atoms with van der Waals surface area (Å²) in [4.78, 5) is 3.97. The second kappa shape index (κ2) is 6.38.